The molecule has 1 heterocycles. The van der Waals surface area contributed by atoms with Gasteiger partial charge >= 0.3 is 12.3 Å². The summed E-state index contributed by atoms with van der Waals surface area (Å²) in [7, 11) is 0. The third-order valence-corrected chi connectivity index (χ3v) is 2.38. The van der Waals surface area contributed by atoms with Crippen LogP contribution in [0.4, 0.5) is 22.4 Å². The van der Waals surface area contributed by atoms with Crippen molar-refractivity contribution in [3.05, 3.63) is 35.1 Å². The highest BCUT2D eigenvalue weighted by atomic mass is 35.5. The summed E-state index contributed by atoms with van der Waals surface area (Å²) in [5, 5.41) is 2.18. The van der Waals surface area contributed by atoms with Crippen molar-refractivity contribution in [2.45, 2.75) is 12.2 Å². The first kappa shape index (κ1) is 14.6. The first-order valence-corrected chi connectivity index (χ1v) is 4.68. The molecule has 8 heteroatoms. The highest BCUT2D eigenvalue weighted by molar-refractivity contribution is 5.85. The van der Waals surface area contributed by atoms with Gasteiger partial charge < -0.3 is 10.1 Å². The van der Waals surface area contributed by atoms with Gasteiger partial charge in [0.25, 0.3) is 0 Å². The number of alkyl carbamates (subject to hydrolysis) is 1. The number of benzene rings is 1. The molecule has 2 rings (SSSR count). The lowest BCUT2D eigenvalue weighted by Crippen LogP contribution is -2.23. The third-order valence-electron chi connectivity index (χ3n) is 2.38. The maximum atomic E-state index is 13.2. The van der Waals surface area contributed by atoms with Crippen molar-refractivity contribution in [1.82, 2.24) is 5.32 Å². The molecule has 0 bridgehead atoms. The van der Waals surface area contributed by atoms with Crippen molar-refractivity contribution >= 4 is 18.5 Å². The summed E-state index contributed by atoms with van der Waals surface area (Å²) in [6.07, 6.45) is -5.62. The monoisotopic (exact) mass is 285 g/mol. The number of carbonyl (C=O) groups excluding carboxylic acids is 1. The van der Waals surface area contributed by atoms with E-state index in [1.54, 1.807) is 0 Å². The maximum Gasteiger partial charge on any atom is 0.419 e. The SMILES string of the molecule is Cl.O=C1N[C@H](c2cccc(F)c2C(F)(F)F)CO1. The number of halogens is 5. The van der Waals surface area contributed by atoms with Gasteiger partial charge in [-0.3, -0.25) is 0 Å². The van der Waals surface area contributed by atoms with Gasteiger partial charge in [0.15, 0.2) is 0 Å². The Kier molecular flexibility index (Phi) is 4.05. The van der Waals surface area contributed by atoms with Gasteiger partial charge in [-0.25, -0.2) is 9.18 Å². The Morgan fingerprint density at radius 3 is 2.50 bits per heavy atom. The second-order valence-corrected chi connectivity index (χ2v) is 3.50. The number of amides is 1. The molecule has 0 spiro atoms. The zero-order valence-electron chi connectivity index (χ0n) is 8.75. The van der Waals surface area contributed by atoms with Crippen LogP contribution in [0.2, 0.25) is 0 Å². The predicted molar refractivity (Wildman–Crippen MR) is 55.9 cm³/mol. The van der Waals surface area contributed by atoms with Gasteiger partial charge in [0, 0.05) is 0 Å². The van der Waals surface area contributed by atoms with Crippen LogP contribution in [0.5, 0.6) is 0 Å². The minimum Gasteiger partial charge on any atom is -0.447 e. The highest BCUT2D eigenvalue weighted by Gasteiger charge is 2.40. The molecule has 18 heavy (non-hydrogen) atoms. The molecule has 1 aromatic carbocycles. The molecule has 1 aliphatic heterocycles. The quantitative estimate of drug-likeness (QED) is 0.806. The summed E-state index contributed by atoms with van der Waals surface area (Å²) in [5.41, 5.74) is -1.70. The molecule has 1 N–H and O–H groups in total. The van der Waals surface area contributed by atoms with Crippen LogP contribution in [0.15, 0.2) is 18.2 Å². The third kappa shape index (κ3) is 2.66. The van der Waals surface area contributed by atoms with E-state index >= 15 is 0 Å². The molecule has 0 aliphatic carbocycles. The standard InChI is InChI=1S/C10H7F4NO2.ClH/c11-6-3-1-2-5(8(6)10(12,13)14)7-4-17-9(16)15-7;/h1-3,7H,4H2,(H,15,16);1H/t7-;/m0./s1. The number of hydrogen-bond donors (Lipinski definition) is 1. The summed E-state index contributed by atoms with van der Waals surface area (Å²) < 4.78 is 55.7. The second kappa shape index (κ2) is 5.01. The number of cyclic esters (lactones) is 1. The Labute approximate surface area is 106 Å². The van der Waals surface area contributed by atoms with Crippen LogP contribution in [0, 0.1) is 5.82 Å². The van der Waals surface area contributed by atoms with Crippen molar-refractivity contribution in [2.75, 3.05) is 6.61 Å². The molecule has 0 unspecified atom stereocenters. The van der Waals surface area contributed by atoms with Crippen LogP contribution in [-0.4, -0.2) is 12.7 Å². The van der Waals surface area contributed by atoms with E-state index in [2.05, 4.69) is 10.1 Å². The lowest BCUT2D eigenvalue weighted by Gasteiger charge is -2.16. The van der Waals surface area contributed by atoms with E-state index in [9.17, 15) is 22.4 Å². The van der Waals surface area contributed by atoms with E-state index in [0.717, 1.165) is 18.2 Å². The normalized spacial score (nSPS) is 18.9. The molecule has 0 aromatic heterocycles. The summed E-state index contributed by atoms with van der Waals surface area (Å²) >= 11 is 0. The van der Waals surface area contributed by atoms with Crippen LogP contribution >= 0.6 is 12.4 Å². The van der Waals surface area contributed by atoms with Gasteiger partial charge in [-0.05, 0) is 11.6 Å². The van der Waals surface area contributed by atoms with E-state index < -0.39 is 29.7 Å². The minimum atomic E-state index is -4.81. The number of rotatable bonds is 1. The Balaban J connectivity index is 0.00000162. The Bertz CT molecular complexity index is 464. The Hall–Kier alpha value is -1.50. The zero-order chi connectivity index (χ0) is 12.6. The van der Waals surface area contributed by atoms with Crippen molar-refractivity contribution in [3.8, 4) is 0 Å². The number of nitrogens with one attached hydrogen (secondary N) is 1. The van der Waals surface area contributed by atoms with Crippen LogP contribution in [0.3, 0.4) is 0 Å². The fourth-order valence-electron chi connectivity index (χ4n) is 1.68. The Morgan fingerprint density at radius 2 is 2.00 bits per heavy atom. The molecular weight excluding hydrogens is 278 g/mol. The predicted octanol–water partition coefficient (Wildman–Crippen LogP) is 3.05. The van der Waals surface area contributed by atoms with Crippen LogP contribution in [0.1, 0.15) is 17.2 Å². The van der Waals surface area contributed by atoms with E-state index in [1.807, 2.05) is 0 Å². The minimum absolute atomic E-state index is 0. The maximum absolute atomic E-state index is 13.2. The molecule has 0 radical (unpaired) electrons. The lowest BCUT2D eigenvalue weighted by molar-refractivity contribution is -0.140. The zero-order valence-corrected chi connectivity index (χ0v) is 9.57. The lowest BCUT2D eigenvalue weighted by atomic mass is 10.00. The van der Waals surface area contributed by atoms with Crippen LogP contribution in [0.25, 0.3) is 0 Å². The van der Waals surface area contributed by atoms with Crippen LogP contribution in [-0.2, 0) is 10.9 Å². The van der Waals surface area contributed by atoms with Crippen molar-refractivity contribution in [3.63, 3.8) is 0 Å². The van der Waals surface area contributed by atoms with Crippen molar-refractivity contribution in [1.29, 1.82) is 0 Å². The average Bonchev–Trinajstić information content (AvgIpc) is 2.62. The van der Waals surface area contributed by atoms with Crippen molar-refractivity contribution in [2.24, 2.45) is 0 Å². The summed E-state index contributed by atoms with van der Waals surface area (Å²) in [4.78, 5) is 10.8. The van der Waals surface area contributed by atoms with Gasteiger partial charge in [-0.2, -0.15) is 13.2 Å². The smallest absolute Gasteiger partial charge is 0.419 e. The molecule has 3 nitrogen and oxygen atoms in total. The number of alkyl halides is 3. The van der Waals surface area contributed by atoms with E-state index in [-0.39, 0.29) is 24.6 Å². The number of carbonyl (C=O) groups is 1. The topological polar surface area (TPSA) is 38.3 Å². The van der Waals surface area contributed by atoms with Gasteiger partial charge in [0.2, 0.25) is 0 Å². The van der Waals surface area contributed by atoms with E-state index in [1.165, 1.54) is 0 Å². The molecule has 1 atom stereocenters. The van der Waals surface area contributed by atoms with Crippen molar-refractivity contribution < 1.29 is 27.1 Å². The van der Waals surface area contributed by atoms with E-state index in [0.29, 0.717) is 0 Å². The molecule has 100 valence electrons. The summed E-state index contributed by atoms with van der Waals surface area (Å²) in [5.74, 6) is -1.36. The van der Waals surface area contributed by atoms with Gasteiger partial charge in [0.05, 0.1) is 11.6 Å². The first-order chi connectivity index (χ1) is 7.89. The fourth-order valence-corrected chi connectivity index (χ4v) is 1.68. The first-order valence-electron chi connectivity index (χ1n) is 4.68. The molecule has 0 saturated carbocycles. The number of hydrogen-bond acceptors (Lipinski definition) is 2. The molecule has 1 amide bonds. The molecule has 1 fully saturated rings. The van der Waals surface area contributed by atoms with Gasteiger partial charge in [-0.1, -0.05) is 12.1 Å². The highest BCUT2D eigenvalue weighted by Crippen LogP contribution is 2.37. The summed E-state index contributed by atoms with van der Waals surface area (Å²) in [6, 6.07) is 2.02. The molecule has 1 aliphatic rings. The van der Waals surface area contributed by atoms with E-state index in [4.69, 9.17) is 0 Å². The van der Waals surface area contributed by atoms with Gasteiger partial charge in [-0.15, -0.1) is 12.4 Å². The second-order valence-electron chi connectivity index (χ2n) is 3.50. The number of ether oxygens (including phenoxy) is 1. The largest absolute Gasteiger partial charge is 0.447 e. The molecular formula is C10H8ClF4NO2. The van der Waals surface area contributed by atoms with Gasteiger partial charge in [0.1, 0.15) is 12.4 Å². The average molecular weight is 286 g/mol. The summed E-state index contributed by atoms with van der Waals surface area (Å²) in [6.45, 7) is -0.245. The van der Waals surface area contributed by atoms with Crippen LogP contribution < -0.4 is 5.32 Å². The Morgan fingerprint density at radius 1 is 1.33 bits per heavy atom. The fraction of sp³-hybridized carbons (Fsp3) is 0.300. The molecule has 1 aromatic rings. The molecule has 1 saturated heterocycles.